The number of benzene rings is 2. The highest BCUT2D eigenvalue weighted by atomic mass is 16.5. The molecule has 2 atom stereocenters. The monoisotopic (exact) mass is 564 g/mol. The summed E-state index contributed by atoms with van der Waals surface area (Å²) in [5.74, 6) is -1.20. The van der Waals surface area contributed by atoms with Gasteiger partial charge in [-0.3, -0.25) is 9.59 Å². The second kappa shape index (κ2) is 15.5. The van der Waals surface area contributed by atoms with Gasteiger partial charge in [0.1, 0.15) is 19.2 Å². The Morgan fingerprint density at radius 3 is 2.02 bits per heavy atom. The summed E-state index contributed by atoms with van der Waals surface area (Å²) in [4.78, 5) is 51.5. The average molecular weight is 565 g/mol. The standard InChI is InChI=1S/C31H40N4O6/c1-21(2)17-25(27(36)19-35-31(39)41-28(34-35)16-15-23-11-7-5-8-12-23)32-29(37)26(18-22(3)4)33-30(38)40-20-24-13-9-6-10-14-24/h5-14,21-22,25-26H,15-20H2,1-4H3,(H,32,37)(H,33,38). The summed E-state index contributed by atoms with van der Waals surface area (Å²) in [7, 11) is 0. The summed E-state index contributed by atoms with van der Waals surface area (Å²) in [6.07, 6.45) is 1.03. The van der Waals surface area contributed by atoms with Crippen LogP contribution in [-0.2, 0) is 40.3 Å². The maximum Gasteiger partial charge on any atom is 0.437 e. The van der Waals surface area contributed by atoms with E-state index in [2.05, 4.69) is 15.7 Å². The van der Waals surface area contributed by atoms with Crippen molar-refractivity contribution in [2.75, 3.05) is 0 Å². The highest BCUT2D eigenvalue weighted by Crippen LogP contribution is 2.11. The Balaban J connectivity index is 1.63. The van der Waals surface area contributed by atoms with Gasteiger partial charge in [-0.1, -0.05) is 88.4 Å². The van der Waals surface area contributed by atoms with Crippen molar-refractivity contribution in [2.24, 2.45) is 11.8 Å². The molecule has 0 saturated heterocycles. The molecule has 220 valence electrons. The van der Waals surface area contributed by atoms with Gasteiger partial charge in [-0.05, 0) is 42.2 Å². The molecule has 0 saturated carbocycles. The van der Waals surface area contributed by atoms with Gasteiger partial charge >= 0.3 is 11.8 Å². The van der Waals surface area contributed by atoms with Crippen LogP contribution in [0.4, 0.5) is 4.79 Å². The van der Waals surface area contributed by atoms with Crippen LogP contribution in [0.25, 0.3) is 0 Å². The van der Waals surface area contributed by atoms with Gasteiger partial charge in [0, 0.05) is 6.42 Å². The number of ketones is 1. The van der Waals surface area contributed by atoms with Crippen molar-refractivity contribution in [2.45, 2.75) is 78.6 Å². The summed E-state index contributed by atoms with van der Waals surface area (Å²) in [6.45, 7) is 7.45. The van der Waals surface area contributed by atoms with E-state index >= 15 is 0 Å². The Hall–Kier alpha value is -4.21. The molecule has 0 fully saturated rings. The molecule has 10 heteroatoms. The normalized spacial score (nSPS) is 12.6. The molecule has 41 heavy (non-hydrogen) atoms. The molecular formula is C31H40N4O6. The first kappa shape index (κ1) is 31.3. The van der Waals surface area contributed by atoms with Crippen molar-refractivity contribution >= 4 is 17.8 Å². The van der Waals surface area contributed by atoms with Crippen molar-refractivity contribution in [3.05, 3.63) is 88.2 Å². The number of alkyl carbamates (subject to hydrolysis) is 1. The van der Waals surface area contributed by atoms with Gasteiger partial charge in [0.2, 0.25) is 11.8 Å². The lowest BCUT2D eigenvalue weighted by molar-refractivity contribution is -0.130. The van der Waals surface area contributed by atoms with E-state index in [1.54, 1.807) is 0 Å². The van der Waals surface area contributed by atoms with E-state index in [0.717, 1.165) is 15.8 Å². The number of carbonyl (C=O) groups excluding carboxylic acids is 3. The number of ether oxygens (including phenoxy) is 1. The molecule has 0 bridgehead atoms. The summed E-state index contributed by atoms with van der Waals surface area (Å²) >= 11 is 0. The van der Waals surface area contributed by atoms with Crippen LogP contribution in [0.1, 0.15) is 57.6 Å². The second-order valence-electron chi connectivity index (χ2n) is 11.0. The smallest absolute Gasteiger partial charge is 0.437 e. The zero-order valence-corrected chi connectivity index (χ0v) is 24.2. The van der Waals surface area contributed by atoms with Crippen LogP contribution >= 0.6 is 0 Å². The predicted octanol–water partition coefficient (Wildman–Crippen LogP) is 4.06. The number of amides is 2. The molecule has 2 N–H and O–H groups in total. The minimum Gasteiger partial charge on any atom is -0.445 e. The van der Waals surface area contributed by atoms with Gasteiger partial charge in [0.25, 0.3) is 0 Å². The first-order valence-electron chi connectivity index (χ1n) is 14.0. The number of nitrogens with one attached hydrogen (secondary N) is 2. The van der Waals surface area contributed by atoms with Gasteiger partial charge < -0.3 is 19.8 Å². The number of hydrogen-bond acceptors (Lipinski definition) is 7. The third kappa shape index (κ3) is 10.7. The summed E-state index contributed by atoms with van der Waals surface area (Å²) in [6, 6.07) is 17.2. The second-order valence-corrected chi connectivity index (χ2v) is 11.0. The molecule has 3 rings (SSSR count). The lowest BCUT2D eigenvalue weighted by Crippen LogP contribution is -2.53. The third-order valence-electron chi connectivity index (χ3n) is 6.36. The molecule has 10 nitrogen and oxygen atoms in total. The number of aryl methyl sites for hydroxylation is 2. The molecule has 1 aromatic heterocycles. The molecule has 0 spiro atoms. The lowest BCUT2D eigenvalue weighted by Gasteiger charge is -2.24. The topological polar surface area (TPSA) is 133 Å². The first-order valence-corrected chi connectivity index (χ1v) is 14.0. The van der Waals surface area contributed by atoms with Crippen LogP contribution in [0.2, 0.25) is 0 Å². The predicted molar refractivity (Wildman–Crippen MR) is 154 cm³/mol. The quantitative estimate of drug-likeness (QED) is 0.284. The molecule has 0 radical (unpaired) electrons. The maximum atomic E-state index is 13.3. The lowest BCUT2D eigenvalue weighted by atomic mass is 9.98. The third-order valence-corrected chi connectivity index (χ3v) is 6.36. The molecular weight excluding hydrogens is 524 g/mol. The van der Waals surface area contributed by atoms with E-state index in [1.807, 2.05) is 88.4 Å². The summed E-state index contributed by atoms with van der Waals surface area (Å²) in [5, 5.41) is 9.63. The van der Waals surface area contributed by atoms with Gasteiger partial charge in [0.05, 0.1) is 6.04 Å². The van der Waals surface area contributed by atoms with Crippen molar-refractivity contribution in [3.8, 4) is 0 Å². The van der Waals surface area contributed by atoms with Crippen LogP contribution in [0.15, 0.2) is 69.9 Å². The zero-order chi connectivity index (χ0) is 29.8. The van der Waals surface area contributed by atoms with Gasteiger partial charge in [-0.2, -0.15) is 4.68 Å². The highest BCUT2D eigenvalue weighted by molar-refractivity contribution is 5.92. The highest BCUT2D eigenvalue weighted by Gasteiger charge is 2.29. The Bertz CT molecular complexity index is 1320. The number of nitrogens with zero attached hydrogens (tertiary/aromatic N) is 2. The van der Waals surface area contributed by atoms with Crippen LogP contribution in [0.5, 0.6) is 0 Å². The largest absolute Gasteiger partial charge is 0.445 e. The number of aromatic nitrogens is 2. The zero-order valence-electron chi connectivity index (χ0n) is 24.2. The van der Waals surface area contributed by atoms with Gasteiger partial charge in [-0.25, -0.2) is 9.59 Å². The first-order chi connectivity index (χ1) is 19.6. The van der Waals surface area contributed by atoms with E-state index < -0.39 is 29.8 Å². The van der Waals surface area contributed by atoms with Crippen LogP contribution in [0, 0.1) is 11.8 Å². The summed E-state index contributed by atoms with van der Waals surface area (Å²) < 4.78 is 11.5. The van der Waals surface area contributed by atoms with Crippen molar-refractivity contribution in [1.29, 1.82) is 0 Å². The van der Waals surface area contributed by atoms with Crippen molar-refractivity contribution in [3.63, 3.8) is 0 Å². The minimum absolute atomic E-state index is 0.0664. The Morgan fingerprint density at radius 2 is 1.41 bits per heavy atom. The molecule has 2 amide bonds. The molecule has 1 heterocycles. The van der Waals surface area contributed by atoms with Crippen LogP contribution in [0.3, 0.4) is 0 Å². The van der Waals surface area contributed by atoms with Crippen LogP contribution in [-0.4, -0.2) is 39.6 Å². The molecule has 2 aromatic carbocycles. The summed E-state index contributed by atoms with van der Waals surface area (Å²) in [5.41, 5.74) is 1.90. The van der Waals surface area contributed by atoms with Gasteiger partial charge in [-0.15, -0.1) is 5.10 Å². The Morgan fingerprint density at radius 1 is 0.829 bits per heavy atom. The minimum atomic E-state index is -0.903. The molecule has 0 aliphatic carbocycles. The van der Waals surface area contributed by atoms with Crippen molar-refractivity contribution < 1.29 is 23.5 Å². The molecule has 0 aliphatic rings. The number of carbonyl (C=O) groups is 3. The maximum absolute atomic E-state index is 13.3. The van der Waals surface area contributed by atoms with Crippen molar-refractivity contribution in [1.82, 2.24) is 20.4 Å². The van der Waals surface area contributed by atoms with E-state index in [-0.39, 0.29) is 36.7 Å². The van der Waals surface area contributed by atoms with Gasteiger partial charge in [0.15, 0.2) is 5.78 Å². The van der Waals surface area contributed by atoms with E-state index in [9.17, 15) is 19.2 Å². The Kier molecular flexibility index (Phi) is 11.9. The average Bonchev–Trinajstić information content (AvgIpc) is 3.29. The number of rotatable bonds is 15. The SMILES string of the molecule is CC(C)CC(NC(=O)C(CC(C)C)NC(=O)OCc1ccccc1)C(=O)Cn1nc(CCc2ccccc2)oc1=O. The molecule has 3 aromatic rings. The number of hydrogen-bond donors (Lipinski definition) is 2. The fraction of sp³-hybridized carbons (Fsp3) is 0.452. The fourth-order valence-electron chi connectivity index (χ4n) is 4.33. The number of Topliss-reactive ketones (excluding diaryl/α,β-unsaturated/α-hetero) is 1. The molecule has 0 aliphatic heterocycles. The Labute approximate surface area is 240 Å². The van der Waals surface area contributed by atoms with Crippen LogP contribution < -0.4 is 16.4 Å². The fourth-order valence-corrected chi connectivity index (χ4v) is 4.33. The molecule has 2 unspecified atom stereocenters. The van der Waals surface area contributed by atoms with E-state index in [4.69, 9.17) is 9.15 Å². The van der Waals surface area contributed by atoms with E-state index in [0.29, 0.717) is 25.7 Å². The van der Waals surface area contributed by atoms with E-state index in [1.165, 1.54) is 0 Å².